The molecule has 0 N–H and O–H groups in total. The number of carbonyl (C=O) groups is 3. The van der Waals surface area contributed by atoms with Crippen molar-refractivity contribution in [2.24, 2.45) is 16.8 Å². The number of amidine groups is 1. The van der Waals surface area contributed by atoms with Crippen LogP contribution in [0.15, 0.2) is 16.8 Å². The number of rotatable bonds is 2. The average molecular weight is 361 g/mol. The summed E-state index contributed by atoms with van der Waals surface area (Å²) in [4.78, 5) is 43.9. The van der Waals surface area contributed by atoms with Gasteiger partial charge >= 0.3 is 12.0 Å². The first-order chi connectivity index (χ1) is 12.4. The second-order valence-corrected chi connectivity index (χ2v) is 6.84. The van der Waals surface area contributed by atoms with E-state index < -0.39 is 5.92 Å². The molecule has 3 aliphatic heterocycles. The van der Waals surface area contributed by atoms with Gasteiger partial charge in [-0.2, -0.15) is 0 Å². The molecule has 1 unspecified atom stereocenters. The zero-order chi connectivity index (χ0) is 19.0. The number of allylic oxidation sites excluding steroid dienone is 1. The van der Waals surface area contributed by atoms with Crippen molar-refractivity contribution in [3.63, 3.8) is 0 Å². The van der Waals surface area contributed by atoms with Crippen LogP contribution in [0.3, 0.4) is 0 Å². The highest BCUT2D eigenvalue weighted by atomic mass is 16.5. The second-order valence-electron chi connectivity index (χ2n) is 6.84. The fourth-order valence-electron chi connectivity index (χ4n) is 3.89. The van der Waals surface area contributed by atoms with Crippen LogP contribution in [-0.2, 0) is 14.3 Å². The van der Waals surface area contributed by atoms with Gasteiger partial charge in [0, 0.05) is 38.7 Å². The number of nitrogens with zero attached hydrogens (tertiary/aromatic N) is 4. The Morgan fingerprint density at radius 3 is 2.50 bits per heavy atom. The van der Waals surface area contributed by atoms with Gasteiger partial charge in [0.15, 0.2) is 5.92 Å². The lowest BCUT2D eigenvalue weighted by molar-refractivity contribution is -0.541. The summed E-state index contributed by atoms with van der Waals surface area (Å²) in [5, 5.41) is 0. The van der Waals surface area contributed by atoms with Gasteiger partial charge in [0.2, 0.25) is 5.71 Å². The summed E-state index contributed by atoms with van der Waals surface area (Å²) in [5.41, 5.74) is 1.91. The summed E-state index contributed by atoms with van der Waals surface area (Å²) in [6.45, 7) is 3.37. The van der Waals surface area contributed by atoms with Crippen LogP contribution in [0.5, 0.6) is 0 Å². The largest absolute Gasteiger partial charge is 0.469 e. The molecule has 8 nitrogen and oxygen atoms in total. The van der Waals surface area contributed by atoms with Crippen LogP contribution in [-0.4, -0.2) is 78.1 Å². The lowest BCUT2D eigenvalue weighted by atomic mass is 9.87. The van der Waals surface area contributed by atoms with Crippen molar-refractivity contribution in [3.05, 3.63) is 11.8 Å². The van der Waals surface area contributed by atoms with Gasteiger partial charge in [0.1, 0.15) is 18.9 Å². The molecule has 3 amide bonds. The molecule has 2 fully saturated rings. The van der Waals surface area contributed by atoms with E-state index in [1.54, 1.807) is 13.2 Å². The number of urea groups is 1. The SMILES string of the molecule is CCC1=CN=C2C(C(=O)N(C)C(=O)N2C)C1=[N+]1CCC(C(=O)OC)CC1. The summed E-state index contributed by atoms with van der Waals surface area (Å²) in [6, 6.07) is -0.373. The minimum atomic E-state index is -0.572. The van der Waals surface area contributed by atoms with Gasteiger partial charge in [-0.1, -0.05) is 6.92 Å². The van der Waals surface area contributed by atoms with Crippen LogP contribution in [0.4, 0.5) is 4.79 Å². The maximum atomic E-state index is 12.9. The Bertz CT molecular complexity index is 742. The fourth-order valence-corrected chi connectivity index (χ4v) is 3.89. The number of carbonyl (C=O) groups excluding carboxylic acids is 3. The standard InChI is InChI=1S/C18H25N4O4/c1-5-11-10-19-15-13(16(23)21(3)18(25)20(15)2)14(11)22-8-6-12(7-9-22)17(24)26-4/h10,12-13H,5-9H2,1-4H3/q+1. The van der Waals surface area contributed by atoms with E-state index in [0.29, 0.717) is 31.8 Å². The van der Waals surface area contributed by atoms with E-state index in [1.165, 1.54) is 19.1 Å². The van der Waals surface area contributed by atoms with E-state index in [0.717, 1.165) is 22.6 Å². The molecule has 26 heavy (non-hydrogen) atoms. The fraction of sp³-hybridized carbons (Fsp3) is 0.611. The molecule has 0 radical (unpaired) electrons. The van der Waals surface area contributed by atoms with Crippen molar-refractivity contribution < 1.29 is 23.7 Å². The van der Waals surface area contributed by atoms with Crippen molar-refractivity contribution in [3.8, 4) is 0 Å². The zero-order valence-electron chi connectivity index (χ0n) is 15.7. The first-order valence-electron chi connectivity index (χ1n) is 8.92. The molecule has 1 atom stereocenters. The van der Waals surface area contributed by atoms with Crippen molar-refractivity contribution in [1.29, 1.82) is 0 Å². The summed E-state index contributed by atoms with van der Waals surface area (Å²) in [6.07, 6.45) is 3.88. The number of esters is 1. The molecule has 0 aromatic rings. The van der Waals surface area contributed by atoms with Gasteiger partial charge in [-0.05, 0) is 6.42 Å². The third-order valence-electron chi connectivity index (χ3n) is 5.46. The maximum absolute atomic E-state index is 12.9. The first-order valence-corrected chi connectivity index (χ1v) is 8.92. The smallest absolute Gasteiger partial charge is 0.331 e. The topological polar surface area (TPSA) is 82.3 Å². The van der Waals surface area contributed by atoms with E-state index in [2.05, 4.69) is 9.57 Å². The Labute approximate surface area is 152 Å². The van der Waals surface area contributed by atoms with Crippen molar-refractivity contribution in [2.45, 2.75) is 26.2 Å². The van der Waals surface area contributed by atoms with E-state index in [9.17, 15) is 14.4 Å². The number of ether oxygens (including phenoxy) is 1. The molecular formula is C18H25N4O4+. The van der Waals surface area contributed by atoms with E-state index in [4.69, 9.17) is 4.74 Å². The molecule has 3 heterocycles. The Balaban J connectivity index is 1.99. The van der Waals surface area contributed by atoms with Crippen LogP contribution in [0.2, 0.25) is 0 Å². The molecule has 3 aliphatic rings. The quantitative estimate of drug-likeness (QED) is 0.540. The average Bonchev–Trinajstić information content (AvgIpc) is 2.68. The summed E-state index contributed by atoms with van der Waals surface area (Å²) >= 11 is 0. The van der Waals surface area contributed by atoms with Gasteiger partial charge in [0.05, 0.1) is 13.0 Å². The Hall–Kier alpha value is -2.51. The number of piperidine rings is 1. The molecule has 2 saturated heterocycles. The molecule has 0 aliphatic carbocycles. The predicted octanol–water partition coefficient (Wildman–Crippen LogP) is 0.869. The van der Waals surface area contributed by atoms with E-state index in [-0.39, 0.29) is 23.8 Å². The maximum Gasteiger partial charge on any atom is 0.331 e. The highest BCUT2D eigenvalue weighted by molar-refractivity contribution is 6.32. The van der Waals surface area contributed by atoms with Crippen LogP contribution >= 0.6 is 0 Å². The van der Waals surface area contributed by atoms with Crippen LogP contribution < -0.4 is 0 Å². The van der Waals surface area contributed by atoms with Gasteiger partial charge in [-0.25, -0.2) is 14.4 Å². The normalized spacial score (nSPS) is 26.5. The molecule has 140 valence electrons. The molecule has 3 rings (SSSR count). The van der Waals surface area contributed by atoms with E-state index >= 15 is 0 Å². The number of aliphatic imine (C=N–C) groups is 1. The number of methoxy groups -OCH3 is 1. The van der Waals surface area contributed by atoms with Crippen molar-refractivity contribution >= 4 is 29.5 Å². The molecule has 8 heteroatoms. The minimum absolute atomic E-state index is 0.100. The van der Waals surface area contributed by atoms with Gasteiger partial charge < -0.3 is 4.74 Å². The molecule has 0 aromatic carbocycles. The number of amides is 3. The van der Waals surface area contributed by atoms with Crippen LogP contribution in [0.25, 0.3) is 0 Å². The van der Waals surface area contributed by atoms with Crippen molar-refractivity contribution in [2.75, 3.05) is 34.3 Å². The van der Waals surface area contributed by atoms with Crippen molar-refractivity contribution in [1.82, 2.24) is 9.80 Å². The highest BCUT2D eigenvalue weighted by Crippen LogP contribution is 2.28. The number of fused-ring (bicyclic) bond motifs is 1. The lowest BCUT2D eigenvalue weighted by Crippen LogP contribution is -2.61. The van der Waals surface area contributed by atoms with E-state index in [1.807, 2.05) is 6.92 Å². The third kappa shape index (κ3) is 2.83. The number of imide groups is 1. The Morgan fingerprint density at radius 1 is 1.27 bits per heavy atom. The van der Waals surface area contributed by atoms with Crippen LogP contribution in [0.1, 0.15) is 26.2 Å². The zero-order valence-corrected chi connectivity index (χ0v) is 15.7. The lowest BCUT2D eigenvalue weighted by Gasteiger charge is -2.37. The molecular weight excluding hydrogens is 336 g/mol. The molecule has 0 saturated carbocycles. The number of hydrogen-bond donors (Lipinski definition) is 0. The third-order valence-corrected chi connectivity index (χ3v) is 5.46. The summed E-state index contributed by atoms with van der Waals surface area (Å²) in [7, 11) is 4.56. The minimum Gasteiger partial charge on any atom is -0.469 e. The first kappa shape index (κ1) is 18.3. The Morgan fingerprint density at radius 2 is 1.92 bits per heavy atom. The monoisotopic (exact) mass is 361 g/mol. The molecule has 0 bridgehead atoms. The summed E-state index contributed by atoms with van der Waals surface area (Å²) in [5.74, 6) is -0.629. The van der Waals surface area contributed by atoms with Crippen LogP contribution in [0, 0.1) is 11.8 Å². The van der Waals surface area contributed by atoms with Gasteiger partial charge in [-0.15, -0.1) is 0 Å². The Kier molecular flexibility index (Phi) is 4.93. The molecule has 0 spiro atoms. The predicted molar refractivity (Wildman–Crippen MR) is 95.0 cm³/mol. The second kappa shape index (κ2) is 7.01. The summed E-state index contributed by atoms with van der Waals surface area (Å²) < 4.78 is 7.03. The van der Waals surface area contributed by atoms with Gasteiger partial charge in [0.25, 0.3) is 5.91 Å². The number of hydrogen-bond acceptors (Lipinski definition) is 5. The van der Waals surface area contributed by atoms with Gasteiger partial charge in [-0.3, -0.25) is 19.4 Å². The highest BCUT2D eigenvalue weighted by Gasteiger charge is 2.49. The molecule has 0 aromatic heterocycles.